The molecule has 0 fully saturated rings. The predicted octanol–water partition coefficient (Wildman–Crippen LogP) is 2.53. The third-order valence-corrected chi connectivity index (χ3v) is 2.61. The minimum absolute atomic E-state index is 0.605. The molecular formula is C13H18O3. The molecule has 0 atom stereocenters. The summed E-state index contributed by atoms with van der Waals surface area (Å²) in [6.07, 6.45) is 3.33. The quantitative estimate of drug-likeness (QED) is 0.548. The van der Waals surface area contributed by atoms with Gasteiger partial charge in [-0.2, -0.15) is 0 Å². The number of hydrogen-bond acceptors (Lipinski definition) is 3. The van der Waals surface area contributed by atoms with Gasteiger partial charge in [-0.15, -0.1) is 0 Å². The molecule has 0 radical (unpaired) electrons. The summed E-state index contributed by atoms with van der Waals surface area (Å²) in [7, 11) is 3.26. The Hall–Kier alpha value is -1.51. The molecule has 0 aliphatic rings. The van der Waals surface area contributed by atoms with Gasteiger partial charge in [-0.25, -0.2) is 0 Å². The van der Waals surface area contributed by atoms with Crippen LogP contribution in [-0.2, 0) is 11.2 Å². The molecule has 0 saturated heterocycles. The summed E-state index contributed by atoms with van der Waals surface area (Å²) in [5.74, 6) is 1.49. The highest BCUT2D eigenvalue weighted by Gasteiger charge is 2.07. The van der Waals surface area contributed by atoms with Gasteiger partial charge in [0.15, 0.2) is 11.5 Å². The Kier molecular flexibility index (Phi) is 4.83. The minimum atomic E-state index is 0.605. The van der Waals surface area contributed by atoms with Gasteiger partial charge >= 0.3 is 0 Å². The van der Waals surface area contributed by atoms with Crippen LogP contribution in [-0.4, -0.2) is 20.5 Å². The Morgan fingerprint density at radius 2 is 1.81 bits per heavy atom. The first-order valence-electron chi connectivity index (χ1n) is 5.38. The van der Waals surface area contributed by atoms with Crippen LogP contribution in [0.15, 0.2) is 12.1 Å². The fraction of sp³-hybridized carbons (Fsp3) is 0.462. The number of benzene rings is 1. The number of ether oxygens (including phenoxy) is 2. The SMILES string of the molecule is COc1cc(C)c(CCCC=O)cc1OC. The van der Waals surface area contributed by atoms with E-state index in [1.54, 1.807) is 14.2 Å². The minimum Gasteiger partial charge on any atom is -0.493 e. The van der Waals surface area contributed by atoms with E-state index >= 15 is 0 Å². The third kappa shape index (κ3) is 2.99. The maximum absolute atomic E-state index is 10.3. The van der Waals surface area contributed by atoms with E-state index in [1.165, 1.54) is 11.1 Å². The van der Waals surface area contributed by atoms with E-state index in [-0.39, 0.29) is 0 Å². The molecule has 0 unspecified atom stereocenters. The molecule has 88 valence electrons. The molecule has 0 aromatic heterocycles. The van der Waals surface area contributed by atoms with Crippen molar-refractivity contribution >= 4 is 6.29 Å². The summed E-state index contributed by atoms with van der Waals surface area (Å²) >= 11 is 0. The van der Waals surface area contributed by atoms with Crippen molar-refractivity contribution in [2.24, 2.45) is 0 Å². The van der Waals surface area contributed by atoms with Gasteiger partial charge in [0.05, 0.1) is 14.2 Å². The number of aldehydes is 1. The maximum Gasteiger partial charge on any atom is 0.161 e. The van der Waals surface area contributed by atoms with Crippen molar-refractivity contribution in [1.82, 2.24) is 0 Å². The second-order valence-electron chi connectivity index (χ2n) is 3.69. The van der Waals surface area contributed by atoms with Gasteiger partial charge in [0.2, 0.25) is 0 Å². The van der Waals surface area contributed by atoms with Crippen molar-refractivity contribution < 1.29 is 14.3 Å². The van der Waals surface area contributed by atoms with Crippen molar-refractivity contribution in [3.05, 3.63) is 23.3 Å². The van der Waals surface area contributed by atoms with Crippen molar-refractivity contribution in [3.63, 3.8) is 0 Å². The van der Waals surface area contributed by atoms with Crippen LogP contribution in [0.5, 0.6) is 11.5 Å². The molecule has 3 nitrogen and oxygen atoms in total. The van der Waals surface area contributed by atoms with Gasteiger partial charge in [0.25, 0.3) is 0 Å². The zero-order valence-electron chi connectivity index (χ0n) is 10.1. The van der Waals surface area contributed by atoms with E-state index in [0.717, 1.165) is 30.6 Å². The predicted molar refractivity (Wildman–Crippen MR) is 63.3 cm³/mol. The summed E-state index contributed by atoms with van der Waals surface area (Å²) in [6, 6.07) is 3.95. The zero-order valence-corrected chi connectivity index (χ0v) is 10.1. The summed E-state index contributed by atoms with van der Waals surface area (Å²) < 4.78 is 10.5. The van der Waals surface area contributed by atoms with E-state index < -0.39 is 0 Å². The number of rotatable bonds is 6. The lowest BCUT2D eigenvalue weighted by atomic mass is 10.0. The average Bonchev–Trinajstić information content (AvgIpc) is 2.31. The van der Waals surface area contributed by atoms with Gasteiger partial charge in [-0.05, 0) is 43.0 Å². The molecule has 0 bridgehead atoms. The first-order chi connectivity index (χ1) is 7.72. The monoisotopic (exact) mass is 222 g/mol. The summed E-state index contributed by atoms with van der Waals surface area (Å²) in [5.41, 5.74) is 2.38. The maximum atomic E-state index is 10.3. The Bertz CT molecular complexity index is 358. The standard InChI is InChI=1S/C13H18O3/c1-10-8-12(15-2)13(16-3)9-11(10)6-4-5-7-14/h7-9H,4-6H2,1-3H3. The summed E-state index contributed by atoms with van der Waals surface area (Å²) in [4.78, 5) is 10.3. The topological polar surface area (TPSA) is 35.5 Å². The molecule has 0 aliphatic heterocycles. The lowest BCUT2D eigenvalue weighted by Gasteiger charge is -2.12. The van der Waals surface area contributed by atoms with Gasteiger partial charge in [-0.1, -0.05) is 0 Å². The van der Waals surface area contributed by atoms with Crippen LogP contribution in [0.4, 0.5) is 0 Å². The highest BCUT2D eigenvalue weighted by atomic mass is 16.5. The number of carbonyl (C=O) groups is 1. The van der Waals surface area contributed by atoms with E-state index in [0.29, 0.717) is 6.42 Å². The number of methoxy groups -OCH3 is 2. The first-order valence-corrected chi connectivity index (χ1v) is 5.38. The Morgan fingerprint density at radius 1 is 1.19 bits per heavy atom. The molecule has 3 heteroatoms. The van der Waals surface area contributed by atoms with Crippen molar-refractivity contribution in [3.8, 4) is 11.5 Å². The van der Waals surface area contributed by atoms with Crippen LogP contribution in [0.2, 0.25) is 0 Å². The number of hydrogen-bond donors (Lipinski definition) is 0. The summed E-state index contributed by atoms with van der Waals surface area (Å²) in [5, 5.41) is 0. The van der Waals surface area contributed by atoms with Crippen molar-refractivity contribution in [2.45, 2.75) is 26.2 Å². The third-order valence-electron chi connectivity index (χ3n) is 2.61. The van der Waals surface area contributed by atoms with Gasteiger partial charge in [0.1, 0.15) is 6.29 Å². The number of aryl methyl sites for hydroxylation is 2. The van der Waals surface area contributed by atoms with Gasteiger partial charge < -0.3 is 14.3 Å². The normalized spacial score (nSPS) is 9.94. The molecule has 0 aliphatic carbocycles. The molecular weight excluding hydrogens is 204 g/mol. The van der Waals surface area contributed by atoms with E-state index in [2.05, 4.69) is 0 Å². The molecule has 0 saturated carbocycles. The van der Waals surface area contributed by atoms with E-state index in [1.807, 2.05) is 19.1 Å². The molecule has 16 heavy (non-hydrogen) atoms. The second-order valence-corrected chi connectivity index (χ2v) is 3.69. The lowest BCUT2D eigenvalue weighted by molar-refractivity contribution is -0.107. The first kappa shape index (κ1) is 12.6. The van der Waals surface area contributed by atoms with Crippen LogP contribution in [0.25, 0.3) is 0 Å². The highest BCUT2D eigenvalue weighted by Crippen LogP contribution is 2.30. The van der Waals surface area contributed by atoms with Crippen LogP contribution >= 0.6 is 0 Å². The Balaban J connectivity index is 2.88. The summed E-state index contributed by atoms with van der Waals surface area (Å²) in [6.45, 7) is 2.04. The Morgan fingerprint density at radius 3 is 2.38 bits per heavy atom. The largest absolute Gasteiger partial charge is 0.493 e. The lowest BCUT2D eigenvalue weighted by Crippen LogP contribution is -1.96. The zero-order chi connectivity index (χ0) is 12.0. The Labute approximate surface area is 96.4 Å². The molecule has 1 aromatic carbocycles. The van der Waals surface area contributed by atoms with Gasteiger partial charge in [0, 0.05) is 6.42 Å². The molecule has 0 spiro atoms. The highest BCUT2D eigenvalue weighted by molar-refractivity contribution is 5.50. The molecule has 0 heterocycles. The fourth-order valence-electron chi connectivity index (χ4n) is 1.67. The van der Waals surface area contributed by atoms with E-state index in [9.17, 15) is 4.79 Å². The molecule has 0 amide bonds. The van der Waals surface area contributed by atoms with Crippen LogP contribution < -0.4 is 9.47 Å². The number of carbonyl (C=O) groups excluding carboxylic acids is 1. The van der Waals surface area contributed by atoms with E-state index in [4.69, 9.17) is 9.47 Å². The van der Waals surface area contributed by atoms with Crippen LogP contribution in [0.1, 0.15) is 24.0 Å². The van der Waals surface area contributed by atoms with Crippen molar-refractivity contribution in [2.75, 3.05) is 14.2 Å². The van der Waals surface area contributed by atoms with Crippen molar-refractivity contribution in [1.29, 1.82) is 0 Å². The van der Waals surface area contributed by atoms with Crippen LogP contribution in [0, 0.1) is 6.92 Å². The molecule has 1 rings (SSSR count). The second kappa shape index (κ2) is 6.16. The van der Waals surface area contributed by atoms with Gasteiger partial charge in [-0.3, -0.25) is 0 Å². The molecule has 0 N–H and O–H groups in total. The average molecular weight is 222 g/mol. The van der Waals surface area contributed by atoms with Crippen LogP contribution in [0.3, 0.4) is 0 Å². The molecule has 1 aromatic rings. The fourth-order valence-corrected chi connectivity index (χ4v) is 1.67. The smallest absolute Gasteiger partial charge is 0.161 e. The number of unbranched alkanes of at least 4 members (excludes halogenated alkanes) is 1.